The highest BCUT2D eigenvalue weighted by molar-refractivity contribution is 8.00. The molecule has 3 aromatic carbocycles. The largest absolute Gasteiger partial charge is 0.506 e. The lowest BCUT2D eigenvalue weighted by Gasteiger charge is -2.15. The Hall–Kier alpha value is -2.71. The number of rotatable bonds is 7. The Labute approximate surface area is 172 Å². The van der Waals surface area contributed by atoms with Crippen LogP contribution in [0.25, 0.3) is 10.8 Å². The molecule has 0 bridgehead atoms. The maximum Gasteiger partial charge on any atom is 0.313 e. The molecule has 0 aliphatic heterocycles. The van der Waals surface area contributed by atoms with Crippen molar-refractivity contribution < 1.29 is 23.4 Å². The number of phenolic OH excluding ortho intramolecular Hbond substituents is 1. The summed E-state index contributed by atoms with van der Waals surface area (Å²) in [5, 5.41) is 20.4. The number of thioether (sulfide) groups is 1. The van der Waals surface area contributed by atoms with Gasteiger partial charge in [-0.1, -0.05) is 36.4 Å². The number of benzene rings is 3. The number of hydrogen-bond acceptors (Lipinski definition) is 5. The van der Waals surface area contributed by atoms with Gasteiger partial charge in [0.25, 0.3) is 10.0 Å². The highest BCUT2D eigenvalue weighted by atomic mass is 32.2. The number of carboxylic acids is 1. The van der Waals surface area contributed by atoms with Crippen molar-refractivity contribution in [1.29, 1.82) is 0 Å². The molecule has 0 amide bonds. The summed E-state index contributed by atoms with van der Waals surface area (Å²) in [5.74, 6) is -0.806. The van der Waals surface area contributed by atoms with Crippen LogP contribution in [0, 0.1) is 0 Å². The van der Waals surface area contributed by atoms with E-state index in [-0.39, 0.29) is 22.1 Å². The van der Waals surface area contributed by atoms with E-state index in [0.29, 0.717) is 21.6 Å². The predicted molar refractivity (Wildman–Crippen MR) is 113 cm³/mol. The molecule has 0 aromatic heterocycles. The number of phenols is 1. The van der Waals surface area contributed by atoms with Crippen molar-refractivity contribution in [3.8, 4) is 5.75 Å². The minimum absolute atomic E-state index is 0.0661. The number of anilines is 1. The third-order valence-electron chi connectivity index (χ3n) is 4.82. The summed E-state index contributed by atoms with van der Waals surface area (Å²) in [7, 11) is -3.84. The van der Waals surface area contributed by atoms with Crippen LogP contribution in [-0.4, -0.2) is 30.4 Å². The van der Waals surface area contributed by atoms with Gasteiger partial charge >= 0.3 is 5.97 Å². The summed E-state index contributed by atoms with van der Waals surface area (Å²) in [6.45, 7) is 0. The van der Waals surface area contributed by atoms with Crippen molar-refractivity contribution in [2.75, 3.05) is 10.5 Å². The zero-order chi connectivity index (χ0) is 20.6. The molecule has 29 heavy (non-hydrogen) atoms. The monoisotopic (exact) mass is 429 g/mol. The summed E-state index contributed by atoms with van der Waals surface area (Å²) in [4.78, 5) is 11.4. The zero-order valence-electron chi connectivity index (χ0n) is 15.3. The molecule has 3 aromatic rings. The summed E-state index contributed by atoms with van der Waals surface area (Å²) >= 11 is 0.934. The predicted octanol–water partition coefficient (Wildman–Crippen LogP) is 4.40. The van der Waals surface area contributed by atoms with E-state index < -0.39 is 16.0 Å². The molecule has 0 spiro atoms. The minimum Gasteiger partial charge on any atom is -0.506 e. The van der Waals surface area contributed by atoms with Gasteiger partial charge in [0, 0.05) is 10.8 Å². The molecular formula is C21H19NO5S2. The molecule has 1 saturated carbocycles. The average molecular weight is 430 g/mol. The quantitative estimate of drug-likeness (QED) is 0.380. The van der Waals surface area contributed by atoms with Gasteiger partial charge in [0.05, 0.1) is 21.2 Å². The number of aromatic hydroxyl groups is 1. The Balaban J connectivity index is 1.71. The van der Waals surface area contributed by atoms with E-state index in [1.165, 1.54) is 6.07 Å². The highest BCUT2D eigenvalue weighted by Crippen LogP contribution is 2.41. The number of sulfonamides is 1. The smallest absolute Gasteiger partial charge is 0.313 e. The van der Waals surface area contributed by atoms with Crippen molar-refractivity contribution in [3.05, 3.63) is 60.2 Å². The molecule has 0 radical (unpaired) electrons. The van der Waals surface area contributed by atoms with Crippen LogP contribution in [0.4, 0.5) is 5.69 Å². The topological polar surface area (TPSA) is 104 Å². The van der Waals surface area contributed by atoms with Crippen molar-refractivity contribution in [3.63, 3.8) is 0 Å². The number of carboxylic acid groups (broad SMARTS) is 1. The zero-order valence-corrected chi connectivity index (χ0v) is 17.0. The normalized spacial score (nSPS) is 14.1. The SMILES string of the molecule is O=C(O)CSc1cc(NS(=O)(=O)c2ccc(C3CC3)cc2)c2ccccc2c1O. The van der Waals surface area contributed by atoms with Crippen LogP contribution >= 0.6 is 11.8 Å². The molecule has 0 saturated heterocycles. The first-order valence-corrected chi connectivity index (χ1v) is 11.5. The van der Waals surface area contributed by atoms with E-state index in [1.54, 1.807) is 36.4 Å². The Bertz CT molecular complexity index is 1190. The Morgan fingerprint density at radius 2 is 1.72 bits per heavy atom. The molecule has 0 unspecified atom stereocenters. The van der Waals surface area contributed by atoms with Gasteiger partial charge in [-0.3, -0.25) is 9.52 Å². The van der Waals surface area contributed by atoms with E-state index in [0.717, 1.165) is 30.2 Å². The maximum absolute atomic E-state index is 12.9. The minimum atomic E-state index is -3.84. The Morgan fingerprint density at radius 3 is 2.34 bits per heavy atom. The van der Waals surface area contributed by atoms with E-state index in [1.807, 2.05) is 12.1 Å². The molecule has 1 aliphatic rings. The van der Waals surface area contributed by atoms with Crippen molar-refractivity contribution in [1.82, 2.24) is 0 Å². The van der Waals surface area contributed by atoms with E-state index in [4.69, 9.17) is 5.11 Å². The van der Waals surface area contributed by atoms with Gasteiger partial charge in [-0.15, -0.1) is 11.8 Å². The summed E-state index contributed by atoms with van der Waals surface area (Å²) in [6.07, 6.45) is 2.28. The third-order valence-corrected chi connectivity index (χ3v) is 7.21. The van der Waals surface area contributed by atoms with Crippen molar-refractivity contribution in [2.24, 2.45) is 0 Å². The van der Waals surface area contributed by atoms with Crippen LogP contribution in [0.15, 0.2) is 64.4 Å². The summed E-state index contributed by atoms with van der Waals surface area (Å²) < 4.78 is 28.5. The van der Waals surface area contributed by atoms with Crippen molar-refractivity contribution >= 4 is 44.2 Å². The van der Waals surface area contributed by atoms with Crippen LogP contribution in [0.2, 0.25) is 0 Å². The first kappa shape index (κ1) is 19.6. The van der Waals surface area contributed by atoms with E-state index in [2.05, 4.69) is 4.72 Å². The standard InChI is InChI=1S/C21H19NO5S2/c23-20(24)12-28-19-11-18(16-3-1-2-4-17(16)21(19)25)22-29(26,27)15-9-7-14(8-10-15)13-5-6-13/h1-4,7-11,13,22,25H,5-6,12H2,(H,23,24). The van der Waals surface area contributed by atoms with Gasteiger partial charge in [-0.2, -0.15) is 0 Å². The number of aliphatic carboxylic acids is 1. The van der Waals surface area contributed by atoms with Crippen LogP contribution < -0.4 is 4.72 Å². The van der Waals surface area contributed by atoms with Crippen LogP contribution in [-0.2, 0) is 14.8 Å². The van der Waals surface area contributed by atoms with Crippen LogP contribution in [0.5, 0.6) is 5.75 Å². The average Bonchev–Trinajstić information content (AvgIpc) is 3.54. The molecule has 8 heteroatoms. The molecule has 1 fully saturated rings. The molecule has 1 aliphatic carbocycles. The van der Waals surface area contributed by atoms with Gasteiger partial charge in [0.2, 0.25) is 0 Å². The first-order valence-electron chi connectivity index (χ1n) is 9.07. The van der Waals surface area contributed by atoms with Gasteiger partial charge in [-0.05, 0) is 42.5 Å². The Morgan fingerprint density at radius 1 is 1.07 bits per heavy atom. The molecule has 0 heterocycles. The molecular weight excluding hydrogens is 410 g/mol. The number of fused-ring (bicyclic) bond motifs is 1. The second-order valence-electron chi connectivity index (χ2n) is 6.95. The number of nitrogens with one attached hydrogen (secondary N) is 1. The first-order chi connectivity index (χ1) is 13.8. The molecule has 3 N–H and O–H groups in total. The fourth-order valence-electron chi connectivity index (χ4n) is 3.21. The Kier molecular flexibility index (Phi) is 5.14. The van der Waals surface area contributed by atoms with Gasteiger partial charge in [-0.25, -0.2) is 8.42 Å². The van der Waals surface area contributed by atoms with Crippen LogP contribution in [0.1, 0.15) is 24.3 Å². The molecule has 6 nitrogen and oxygen atoms in total. The second-order valence-corrected chi connectivity index (χ2v) is 9.65. The summed E-state index contributed by atoms with van der Waals surface area (Å²) in [5.41, 5.74) is 1.43. The summed E-state index contributed by atoms with van der Waals surface area (Å²) in [6, 6.07) is 15.2. The van der Waals surface area contributed by atoms with Gasteiger partial charge in [0.1, 0.15) is 5.75 Å². The maximum atomic E-state index is 12.9. The molecule has 150 valence electrons. The fourth-order valence-corrected chi connectivity index (χ4v) is 5.01. The molecule has 4 rings (SSSR count). The highest BCUT2D eigenvalue weighted by Gasteiger charge is 2.24. The fraction of sp³-hybridized carbons (Fsp3) is 0.190. The van der Waals surface area contributed by atoms with E-state index >= 15 is 0 Å². The van der Waals surface area contributed by atoms with Gasteiger partial charge < -0.3 is 10.2 Å². The number of hydrogen-bond donors (Lipinski definition) is 3. The second kappa shape index (κ2) is 7.61. The van der Waals surface area contributed by atoms with Crippen LogP contribution in [0.3, 0.4) is 0 Å². The molecule has 0 atom stereocenters. The van der Waals surface area contributed by atoms with E-state index in [9.17, 15) is 18.3 Å². The number of carbonyl (C=O) groups is 1. The van der Waals surface area contributed by atoms with Crippen molar-refractivity contribution in [2.45, 2.75) is 28.6 Å². The lowest BCUT2D eigenvalue weighted by Crippen LogP contribution is -2.13. The lowest BCUT2D eigenvalue weighted by atomic mass is 10.1. The third kappa shape index (κ3) is 4.18. The van der Waals surface area contributed by atoms with Gasteiger partial charge in [0.15, 0.2) is 0 Å². The lowest BCUT2D eigenvalue weighted by molar-refractivity contribution is -0.133.